The summed E-state index contributed by atoms with van der Waals surface area (Å²) in [5.74, 6) is -1.19. The van der Waals surface area contributed by atoms with E-state index in [0.29, 0.717) is 37.3 Å². The summed E-state index contributed by atoms with van der Waals surface area (Å²) in [6, 6.07) is 0. The van der Waals surface area contributed by atoms with Gasteiger partial charge in [0, 0.05) is 33.7 Å². The molecule has 170 valence electrons. The minimum atomic E-state index is -3.75. The number of nitrogens with zero attached hydrogens (tertiary/aromatic N) is 5. The average Bonchev–Trinajstić information content (AvgIpc) is 3.28. The highest BCUT2D eigenvalue weighted by Gasteiger charge is 2.35. The Hall–Kier alpha value is -2.73. The lowest BCUT2D eigenvalue weighted by Crippen LogP contribution is -2.44. The number of hydrogen-bond donors (Lipinski definition) is 2. The van der Waals surface area contributed by atoms with Crippen LogP contribution >= 0.6 is 0 Å². The molecule has 2 aromatic rings. The Kier molecular flexibility index (Phi) is 6.80. The van der Waals surface area contributed by atoms with E-state index in [9.17, 15) is 18.0 Å². The van der Waals surface area contributed by atoms with Gasteiger partial charge in [-0.3, -0.25) is 19.0 Å². The molecule has 0 unspecified atom stereocenters. The number of amides is 2. The van der Waals surface area contributed by atoms with Gasteiger partial charge in [-0.05, 0) is 26.2 Å². The number of carbonyl (C=O) groups excluding carboxylic acids is 2. The minimum Gasteiger partial charge on any atom is -0.351 e. The summed E-state index contributed by atoms with van der Waals surface area (Å²) in [4.78, 5) is 25.5. The van der Waals surface area contributed by atoms with Crippen LogP contribution in [0.3, 0.4) is 0 Å². The smallest absolute Gasteiger partial charge is 0.271 e. The molecule has 3 heterocycles. The maximum absolute atomic E-state index is 13.1. The molecular weight excluding hydrogens is 422 g/mol. The van der Waals surface area contributed by atoms with Crippen LogP contribution in [0.1, 0.15) is 42.4 Å². The van der Waals surface area contributed by atoms with Gasteiger partial charge >= 0.3 is 0 Å². The molecule has 0 spiro atoms. The Morgan fingerprint density at radius 1 is 1.19 bits per heavy atom. The number of anilines is 1. The maximum atomic E-state index is 13.1. The van der Waals surface area contributed by atoms with Crippen LogP contribution in [0, 0.1) is 12.8 Å². The first-order chi connectivity index (χ1) is 14.7. The normalized spacial score (nSPS) is 17.5. The molecule has 31 heavy (non-hydrogen) atoms. The van der Waals surface area contributed by atoms with Gasteiger partial charge < -0.3 is 10.6 Å². The molecule has 2 amide bonds. The van der Waals surface area contributed by atoms with E-state index in [1.807, 2.05) is 6.92 Å². The molecule has 1 fully saturated rings. The van der Waals surface area contributed by atoms with Crippen molar-refractivity contribution in [1.29, 1.82) is 0 Å². The van der Waals surface area contributed by atoms with Crippen LogP contribution in [0.25, 0.3) is 0 Å². The van der Waals surface area contributed by atoms with Crippen LogP contribution < -0.4 is 10.6 Å². The number of piperidine rings is 1. The van der Waals surface area contributed by atoms with E-state index in [0.717, 1.165) is 6.42 Å². The maximum Gasteiger partial charge on any atom is 0.271 e. The fraction of sp³-hybridized carbons (Fsp3) is 0.579. The first-order valence-electron chi connectivity index (χ1n) is 10.3. The zero-order valence-corrected chi connectivity index (χ0v) is 19.1. The highest BCUT2D eigenvalue weighted by molar-refractivity contribution is 7.89. The van der Waals surface area contributed by atoms with E-state index in [-0.39, 0.29) is 28.9 Å². The largest absolute Gasteiger partial charge is 0.351 e. The highest BCUT2D eigenvalue weighted by Crippen LogP contribution is 2.26. The molecule has 1 saturated heterocycles. The molecular formula is C19H29N7O4S. The summed E-state index contributed by atoms with van der Waals surface area (Å²) in [7, 11) is -0.439. The number of aromatic nitrogens is 4. The molecule has 11 nitrogen and oxygen atoms in total. The van der Waals surface area contributed by atoms with Gasteiger partial charge in [-0.25, -0.2) is 8.42 Å². The third-order valence-electron chi connectivity index (χ3n) is 5.51. The molecule has 12 heteroatoms. The molecule has 1 aliphatic rings. The van der Waals surface area contributed by atoms with Gasteiger partial charge in [0.1, 0.15) is 10.6 Å². The number of aryl methyl sites for hydroxylation is 2. The minimum absolute atomic E-state index is 0.0696. The lowest BCUT2D eigenvalue weighted by molar-refractivity contribution is -0.120. The van der Waals surface area contributed by atoms with E-state index >= 15 is 0 Å². The summed E-state index contributed by atoms with van der Waals surface area (Å²) in [6.07, 6.45) is 4.67. The summed E-state index contributed by atoms with van der Waals surface area (Å²) < 4.78 is 30.4. The van der Waals surface area contributed by atoms with Gasteiger partial charge in [-0.1, -0.05) is 6.92 Å². The summed E-state index contributed by atoms with van der Waals surface area (Å²) in [5.41, 5.74) is 1.11. The predicted octanol–water partition coefficient (Wildman–Crippen LogP) is 0.641. The lowest BCUT2D eigenvalue weighted by atomic mass is 9.98. The average molecular weight is 452 g/mol. The van der Waals surface area contributed by atoms with Crippen LogP contribution in [0.2, 0.25) is 0 Å². The molecule has 3 rings (SSSR count). The van der Waals surface area contributed by atoms with Gasteiger partial charge in [0.15, 0.2) is 0 Å². The van der Waals surface area contributed by atoms with Crippen LogP contribution in [0.4, 0.5) is 5.69 Å². The van der Waals surface area contributed by atoms with E-state index in [1.165, 1.54) is 26.1 Å². The van der Waals surface area contributed by atoms with Crippen molar-refractivity contribution in [2.24, 2.45) is 20.0 Å². The molecule has 0 aromatic carbocycles. The van der Waals surface area contributed by atoms with Crippen LogP contribution in [0.5, 0.6) is 0 Å². The van der Waals surface area contributed by atoms with Crippen molar-refractivity contribution < 1.29 is 18.0 Å². The van der Waals surface area contributed by atoms with Crippen LogP contribution in [-0.2, 0) is 28.9 Å². The number of sulfonamides is 1. The van der Waals surface area contributed by atoms with Gasteiger partial charge in [-0.15, -0.1) is 0 Å². The Balaban J connectivity index is 1.74. The van der Waals surface area contributed by atoms with Crippen molar-refractivity contribution in [3.05, 3.63) is 23.8 Å². The van der Waals surface area contributed by atoms with E-state index in [1.54, 1.807) is 21.0 Å². The fourth-order valence-electron chi connectivity index (χ4n) is 3.60. The molecule has 2 aromatic heterocycles. The second kappa shape index (κ2) is 9.18. The first kappa shape index (κ1) is 22.9. The number of rotatable bonds is 7. The van der Waals surface area contributed by atoms with Gasteiger partial charge in [-0.2, -0.15) is 14.5 Å². The van der Waals surface area contributed by atoms with Crippen molar-refractivity contribution >= 4 is 27.5 Å². The molecule has 2 N–H and O–H groups in total. The van der Waals surface area contributed by atoms with E-state index in [2.05, 4.69) is 20.8 Å². The van der Waals surface area contributed by atoms with Gasteiger partial charge in [0.05, 0.1) is 29.7 Å². The van der Waals surface area contributed by atoms with Crippen molar-refractivity contribution in [2.75, 3.05) is 25.0 Å². The third-order valence-corrected chi connectivity index (χ3v) is 7.48. The van der Waals surface area contributed by atoms with Crippen LogP contribution in [0.15, 0.2) is 17.3 Å². The molecule has 0 radical (unpaired) electrons. The lowest BCUT2D eigenvalue weighted by Gasteiger charge is -2.31. The van der Waals surface area contributed by atoms with Crippen molar-refractivity contribution in [2.45, 2.75) is 38.0 Å². The van der Waals surface area contributed by atoms with Gasteiger partial charge in [0.2, 0.25) is 15.9 Å². The number of nitrogens with one attached hydrogen (secondary N) is 2. The quantitative estimate of drug-likeness (QED) is 0.635. The first-order valence-corrected chi connectivity index (χ1v) is 11.7. The molecule has 0 saturated carbocycles. The Bertz CT molecular complexity index is 1070. The zero-order valence-electron chi connectivity index (χ0n) is 18.3. The third kappa shape index (κ3) is 4.64. The molecule has 0 bridgehead atoms. The molecule has 0 aliphatic carbocycles. The van der Waals surface area contributed by atoms with Crippen molar-refractivity contribution in [3.63, 3.8) is 0 Å². The Morgan fingerprint density at radius 3 is 2.55 bits per heavy atom. The standard InChI is InChI=1S/C19H29N7O4S/c1-5-8-20-19(28)17-15(10-21-25(17)4)23-18(27)14-7-6-9-26(12-14)31(29,30)16-11-22-24(3)13(16)2/h10-11,14H,5-9,12H2,1-4H3,(H,20,28)(H,23,27)/t14-/m1/s1. The Morgan fingerprint density at radius 2 is 1.90 bits per heavy atom. The molecule has 1 atom stereocenters. The zero-order chi connectivity index (χ0) is 22.8. The second-order valence-electron chi connectivity index (χ2n) is 7.70. The Labute approximate surface area is 181 Å². The van der Waals surface area contributed by atoms with Gasteiger partial charge in [0.25, 0.3) is 5.91 Å². The SMILES string of the molecule is CCCNC(=O)c1c(NC(=O)[C@@H]2CCCN(S(=O)(=O)c3cnn(C)c3C)C2)cnn1C. The molecule has 1 aliphatic heterocycles. The predicted molar refractivity (Wildman–Crippen MR) is 114 cm³/mol. The monoisotopic (exact) mass is 451 g/mol. The fourth-order valence-corrected chi connectivity index (χ4v) is 5.31. The summed E-state index contributed by atoms with van der Waals surface area (Å²) in [5, 5.41) is 13.6. The summed E-state index contributed by atoms with van der Waals surface area (Å²) in [6.45, 7) is 4.57. The van der Waals surface area contributed by atoms with E-state index in [4.69, 9.17) is 0 Å². The number of carbonyl (C=O) groups is 2. The van der Waals surface area contributed by atoms with E-state index < -0.39 is 15.9 Å². The van der Waals surface area contributed by atoms with Crippen molar-refractivity contribution in [3.8, 4) is 0 Å². The number of hydrogen-bond acceptors (Lipinski definition) is 6. The summed E-state index contributed by atoms with van der Waals surface area (Å²) >= 11 is 0. The van der Waals surface area contributed by atoms with Crippen LogP contribution in [-0.4, -0.2) is 63.7 Å². The highest BCUT2D eigenvalue weighted by atomic mass is 32.2. The topological polar surface area (TPSA) is 131 Å². The van der Waals surface area contributed by atoms with Crippen molar-refractivity contribution in [1.82, 2.24) is 29.2 Å². The second-order valence-corrected chi connectivity index (χ2v) is 9.60.